The Morgan fingerprint density at radius 1 is 0.385 bits per heavy atom. The number of unbranched alkanes of at least 4 members (excludes halogenated alkanes) is 28. The number of ether oxygens (including phenoxy) is 2. The Balaban J connectivity index is -0.000000991. The van der Waals surface area contributed by atoms with Crippen molar-refractivity contribution in [1.82, 2.24) is 0 Å². The molecule has 8 nitrogen and oxygen atoms in total. The number of primary amides is 1. The Kier molecular flexibility index (Phi) is 48.9. The van der Waals surface area contributed by atoms with Gasteiger partial charge in [0.25, 0.3) is 0 Å². The van der Waals surface area contributed by atoms with Crippen LogP contribution in [0.2, 0.25) is 0 Å². The summed E-state index contributed by atoms with van der Waals surface area (Å²) in [5.41, 5.74) is 4.96. The van der Waals surface area contributed by atoms with Crippen LogP contribution in [-0.4, -0.2) is 42.1 Å². The zero-order valence-electron chi connectivity index (χ0n) is 33.6. The van der Waals surface area contributed by atoms with Gasteiger partial charge in [-0.05, 0) is 12.8 Å². The molecule has 0 heterocycles. The number of carboxylic acid groups (broad SMARTS) is 1. The Labute approximate surface area is 321 Å². The summed E-state index contributed by atoms with van der Waals surface area (Å²) in [4.78, 5) is 43.8. The van der Waals surface area contributed by atoms with Gasteiger partial charge in [-0.3, -0.25) is 19.2 Å². The molecule has 1 amide bonds. The first-order valence-electron chi connectivity index (χ1n) is 21.6. The molecule has 52 heavy (non-hydrogen) atoms. The van der Waals surface area contributed by atoms with E-state index in [2.05, 4.69) is 13.8 Å². The van der Waals surface area contributed by atoms with Crippen LogP contribution in [-0.2, 0) is 28.7 Å². The molecule has 0 atom stereocenters. The molecule has 0 aliphatic heterocycles. The number of hydrogen-bond donors (Lipinski definition) is 2. The van der Waals surface area contributed by atoms with Crippen molar-refractivity contribution < 1.29 is 33.8 Å². The van der Waals surface area contributed by atoms with E-state index in [1.807, 2.05) is 0 Å². The van der Waals surface area contributed by atoms with E-state index in [0.29, 0.717) is 19.3 Å². The quantitative estimate of drug-likeness (QED) is 0.0473. The number of aliphatic carboxylic acids is 1. The molecule has 0 saturated carbocycles. The van der Waals surface area contributed by atoms with E-state index in [1.54, 1.807) is 0 Å². The third kappa shape index (κ3) is 52.2. The summed E-state index contributed by atoms with van der Waals surface area (Å²) in [5.74, 6) is -1.82. The van der Waals surface area contributed by atoms with Gasteiger partial charge in [0.05, 0.1) is 19.6 Å². The van der Waals surface area contributed by atoms with E-state index in [0.717, 1.165) is 25.7 Å². The second-order valence-electron chi connectivity index (χ2n) is 14.6. The van der Waals surface area contributed by atoms with Crippen LogP contribution in [0.3, 0.4) is 0 Å². The lowest BCUT2D eigenvalue weighted by atomic mass is 10.0. The van der Waals surface area contributed by atoms with Crippen molar-refractivity contribution in [2.75, 3.05) is 13.2 Å². The molecule has 0 aromatic heterocycles. The lowest BCUT2D eigenvalue weighted by Crippen LogP contribution is -2.15. The maximum atomic E-state index is 11.7. The van der Waals surface area contributed by atoms with Crippen molar-refractivity contribution in [2.45, 2.75) is 246 Å². The largest absolute Gasteiger partial charge is 0.481 e. The monoisotopic (exact) mass is 742 g/mol. The smallest absolute Gasteiger partial charge is 0.306 e. The molecule has 0 fully saturated rings. The molecule has 0 radical (unpaired) electrons. The van der Waals surface area contributed by atoms with Crippen LogP contribution in [0.25, 0.3) is 0 Å². The molecule has 3 N–H and O–H groups in total. The van der Waals surface area contributed by atoms with E-state index in [-0.39, 0.29) is 39.5 Å². The van der Waals surface area contributed by atoms with E-state index in [9.17, 15) is 19.2 Å². The van der Waals surface area contributed by atoms with Gasteiger partial charge in [-0.25, -0.2) is 0 Å². The summed E-state index contributed by atoms with van der Waals surface area (Å²) in [7, 11) is 0. The molecule has 0 unspecified atom stereocenters. The van der Waals surface area contributed by atoms with Crippen molar-refractivity contribution in [3.8, 4) is 0 Å². The summed E-state index contributed by atoms with van der Waals surface area (Å²) in [6.45, 7) is 4.97. The lowest BCUT2D eigenvalue weighted by Gasteiger charge is -2.06. The maximum absolute atomic E-state index is 11.7. The summed E-state index contributed by atoms with van der Waals surface area (Å²) >= 11 is 0. The Morgan fingerprint density at radius 2 is 0.654 bits per heavy atom. The van der Waals surface area contributed by atoms with Gasteiger partial charge in [0.1, 0.15) is 0 Å². The van der Waals surface area contributed by atoms with E-state index >= 15 is 0 Å². The van der Waals surface area contributed by atoms with E-state index in [4.69, 9.17) is 20.3 Å². The molecule has 0 bridgehead atoms. The Bertz CT molecular complexity index is 774. The van der Waals surface area contributed by atoms with Crippen LogP contribution in [0.4, 0.5) is 0 Å². The maximum Gasteiger partial charge on any atom is 0.306 e. The first-order chi connectivity index (χ1) is 24.8. The van der Waals surface area contributed by atoms with Crippen LogP contribution in [0, 0.1) is 0 Å². The van der Waals surface area contributed by atoms with Gasteiger partial charge in [0.15, 0.2) is 0 Å². The zero-order valence-corrected chi connectivity index (χ0v) is 33.6. The van der Waals surface area contributed by atoms with Crippen LogP contribution < -0.4 is 5.73 Å². The van der Waals surface area contributed by atoms with Crippen molar-refractivity contribution in [1.29, 1.82) is 0 Å². The Morgan fingerprint density at radius 3 is 0.942 bits per heavy atom. The van der Waals surface area contributed by atoms with Crippen molar-refractivity contribution >= 4 is 23.8 Å². The fraction of sp³-hybridized carbons (Fsp3) is 0.909. The average molecular weight is 742 g/mol. The van der Waals surface area contributed by atoms with Crippen molar-refractivity contribution in [3.05, 3.63) is 0 Å². The molecule has 0 saturated heterocycles. The first kappa shape index (κ1) is 54.2. The number of carboxylic acids is 1. The fourth-order valence-corrected chi connectivity index (χ4v) is 6.09. The molecule has 0 aliphatic carbocycles. The van der Waals surface area contributed by atoms with Crippen LogP contribution >= 0.6 is 0 Å². The molecule has 0 spiro atoms. The molecular weight excluding hydrogens is 654 g/mol. The van der Waals surface area contributed by atoms with Crippen LogP contribution in [0.5, 0.6) is 0 Å². The lowest BCUT2D eigenvalue weighted by molar-refractivity contribution is -0.147. The number of carbonyl (C=O) groups excluding carboxylic acids is 3. The number of hydrogen-bond acceptors (Lipinski definition) is 6. The minimum atomic E-state index is -0.653. The van der Waals surface area contributed by atoms with Gasteiger partial charge < -0.3 is 20.3 Å². The van der Waals surface area contributed by atoms with Crippen molar-refractivity contribution in [3.63, 3.8) is 0 Å². The average Bonchev–Trinajstić information content (AvgIpc) is 3.10. The van der Waals surface area contributed by atoms with Gasteiger partial charge in [-0.2, -0.15) is 0 Å². The highest BCUT2D eigenvalue weighted by molar-refractivity contribution is 5.79. The summed E-state index contributed by atoms with van der Waals surface area (Å²) in [5, 5.41) is 8.52. The third-order valence-corrected chi connectivity index (χ3v) is 9.37. The summed E-state index contributed by atoms with van der Waals surface area (Å²) in [6.07, 6.45) is 40.6. The van der Waals surface area contributed by atoms with Gasteiger partial charge in [-0.15, -0.1) is 0 Å². The molecular formula is C44H87NO7. The number of nitrogens with two attached hydrogens (primary N) is 1. The highest BCUT2D eigenvalue weighted by Crippen LogP contribution is 2.15. The number of amides is 1. The van der Waals surface area contributed by atoms with Gasteiger partial charge in [0, 0.05) is 25.7 Å². The van der Waals surface area contributed by atoms with Crippen LogP contribution in [0.1, 0.15) is 246 Å². The fourth-order valence-electron chi connectivity index (χ4n) is 6.09. The first-order valence-corrected chi connectivity index (χ1v) is 21.6. The van der Waals surface area contributed by atoms with Crippen molar-refractivity contribution in [2.24, 2.45) is 5.73 Å². The van der Waals surface area contributed by atoms with Gasteiger partial charge in [0.2, 0.25) is 5.91 Å². The van der Waals surface area contributed by atoms with E-state index in [1.165, 1.54) is 167 Å². The minimum absolute atomic E-state index is 0. The normalized spacial score (nSPS) is 10.6. The molecule has 310 valence electrons. The molecule has 0 rings (SSSR count). The molecule has 0 aromatic rings. The predicted molar refractivity (Wildman–Crippen MR) is 218 cm³/mol. The Hall–Kier alpha value is -2.12. The highest BCUT2D eigenvalue weighted by Gasteiger charge is 2.06. The highest BCUT2D eigenvalue weighted by atomic mass is 16.5. The summed E-state index contributed by atoms with van der Waals surface area (Å²) < 4.78 is 10.1. The standard InChI is InChI=1S/C25H47NO5.C18H36O2.CH4/c1-2-3-4-5-6-7-8-9-10-11-12-13-14-15-16-18-24(28)30-21-17-22-31-25(29)20-19-23(26)27;1-2-3-4-5-6-7-8-9-10-11-12-13-14-15-16-17-18(19)20;/h2-22H2,1H3,(H2,26,27);2-17H2,1H3,(H,19,20);1H4. The SMILES string of the molecule is C.CCCCCCCCCCCCCCCCCC(=O)O.CCCCCCCCCCCCCCCCCC(=O)OCCCOC(=O)CCC(N)=O. The van der Waals surface area contributed by atoms with Crippen LogP contribution in [0.15, 0.2) is 0 Å². The topological polar surface area (TPSA) is 133 Å². The third-order valence-electron chi connectivity index (χ3n) is 9.37. The zero-order chi connectivity index (χ0) is 37.9. The van der Waals surface area contributed by atoms with Gasteiger partial charge in [-0.1, -0.05) is 201 Å². The second-order valence-corrected chi connectivity index (χ2v) is 14.6. The molecule has 0 aliphatic rings. The molecule has 0 aromatic carbocycles. The second kappa shape index (κ2) is 46.9. The van der Waals surface area contributed by atoms with E-state index < -0.39 is 17.8 Å². The summed E-state index contributed by atoms with van der Waals surface area (Å²) in [6, 6.07) is 0. The number of esters is 2. The van der Waals surface area contributed by atoms with Gasteiger partial charge >= 0.3 is 17.9 Å². The number of rotatable bonds is 39. The number of carbonyl (C=O) groups is 4. The minimum Gasteiger partial charge on any atom is -0.481 e. The molecule has 8 heteroatoms. The predicted octanol–water partition coefficient (Wildman–Crippen LogP) is 13.0.